The van der Waals surface area contributed by atoms with E-state index in [2.05, 4.69) is 18.7 Å². The number of carbonyl (C=O) groups is 2. The summed E-state index contributed by atoms with van der Waals surface area (Å²) < 4.78 is 11.8. The lowest BCUT2D eigenvalue weighted by Gasteiger charge is -2.22. The number of ether oxygens (including phenoxy) is 2. The fourth-order valence-electron chi connectivity index (χ4n) is 9.25. The van der Waals surface area contributed by atoms with Crippen molar-refractivity contribution in [2.75, 3.05) is 39.5 Å². The minimum Gasteiger partial charge on any atom is -0.465 e. The van der Waals surface area contributed by atoms with Gasteiger partial charge in [-0.05, 0) is 95.7 Å². The molecule has 2 aliphatic rings. The molecular formula is C48H91NO5. The minimum absolute atomic E-state index is 0.0793. The Hall–Kier alpha value is -1.14. The molecule has 0 radical (unpaired) electrons. The Kier molecular flexibility index (Phi) is 31.8. The molecule has 2 saturated carbocycles. The smallest absolute Gasteiger partial charge is 0.308 e. The summed E-state index contributed by atoms with van der Waals surface area (Å²) in [6, 6.07) is 0. The van der Waals surface area contributed by atoms with Crippen molar-refractivity contribution >= 4 is 11.9 Å². The third-order valence-corrected chi connectivity index (χ3v) is 12.8. The van der Waals surface area contributed by atoms with Crippen LogP contribution in [0.5, 0.6) is 0 Å². The molecule has 2 fully saturated rings. The molecule has 54 heavy (non-hydrogen) atoms. The van der Waals surface area contributed by atoms with E-state index in [1.807, 2.05) is 0 Å². The third-order valence-electron chi connectivity index (χ3n) is 12.8. The first-order chi connectivity index (χ1) is 26.6. The largest absolute Gasteiger partial charge is 0.465 e. The van der Waals surface area contributed by atoms with Crippen LogP contribution in [0.4, 0.5) is 0 Å². The van der Waals surface area contributed by atoms with Gasteiger partial charge in [0.25, 0.3) is 0 Å². The number of hydrogen-bond donors (Lipinski definition) is 1. The van der Waals surface area contributed by atoms with Crippen LogP contribution in [0.2, 0.25) is 0 Å². The van der Waals surface area contributed by atoms with Crippen LogP contribution in [0, 0.1) is 23.7 Å². The molecule has 0 saturated heterocycles. The molecule has 0 aromatic carbocycles. The Balaban J connectivity index is 1.58. The first-order valence-corrected chi connectivity index (χ1v) is 24.2. The van der Waals surface area contributed by atoms with Gasteiger partial charge in [-0.2, -0.15) is 0 Å². The summed E-state index contributed by atoms with van der Waals surface area (Å²) in [5, 5.41) is 9.33. The van der Waals surface area contributed by atoms with Crippen molar-refractivity contribution in [1.29, 1.82) is 0 Å². The van der Waals surface area contributed by atoms with Crippen LogP contribution >= 0.6 is 0 Å². The third kappa shape index (κ3) is 25.9. The maximum atomic E-state index is 13.1. The number of carbonyl (C=O) groups excluding carboxylic acids is 2. The van der Waals surface area contributed by atoms with Gasteiger partial charge < -0.3 is 19.5 Å². The standard InChI is InChI=1S/C48H91NO5/c1-3-5-7-9-11-17-33-45(41-43-29-19-20-30-43)47(51)53-39-27-15-13-23-35-49(37-25-26-38-50)36-24-14-16-28-40-54-48(52)46(42-44-31-21-22-32-44)34-18-12-10-8-6-4-2/h43-46,50H,3-42H2,1-2H3. The molecule has 318 valence electrons. The molecule has 0 aliphatic heterocycles. The number of hydrogen-bond acceptors (Lipinski definition) is 6. The van der Waals surface area contributed by atoms with E-state index in [1.54, 1.807) is 0 Å². The highest BCUT2D eigenvalue weighted by atomic mass is 16.5. The number of aliphatic hydroxyl groups excluding tert-OH is 1. The average Bonchev–Trinajstić information content (AvgIpc) is 3.90. The van der Waals surface area contributed by atoms with E-state index in [0.717, 1.165) is 95.7 Å². The molecular weight excluding hydrogens is 671 g/mol. The molecule has 0 bridgehead atoms. The maximum Gasteiger partial charge on any atom is 0.308 e. The van der Waals surface area contributed by atoms with Crippen LogP contribution in [0.3, 0.4) is 0 Å². The van der Waals surface area contributed by atoms with Crippen LogP contribution in [0.1, 0.15) is 232 Å². The Morgan fingerprint density at radius 2 is 0.852 bits per heavy atom. The summed E-state index contributed by atoms with van der Waals surface area (Å²) >= 11 is 0. The quantitative estimate of drug-likeness (QED) is 0.0499. The van der Waals surface area contributed by atoms with Gasteiger partial charge in [0, 0.05) is 6.61 Å². The van der Waals surface area contributed by atoms with Gasteiger partial charge in [-0.3, -0.25) is 9.59 Å². The number of aliphatic hydroxyl groups is 1. The van der Waals surface area contributed by atoms with Gasteiger partial charge in [-0.1, -0.05) is 168 Å². The molecule has 0 heterocycles. The zero-order valence-electron chi connectivity index (χ0n) is 36.1. The van der Waals surface area contributed by atoms with Crippen molar-refractivity contribution in [1.82, 2.24) is 4.90 Å². The fraction of sp³-hybridized carbons (Fsp3) is 0.958. The van der Waals surface area contributed by atoms with Gasteiger partial charge >= 0.3 is 11.9 Å². The fourth-order valence-corrected chi connectivity index (χ4v) is 9.25. The van der Waals surface area contributed by atoms with Gasteiger partial charge in [0.05, 0.1) is 25.0 Å². The summed E-state index contributed by atoms with van der Waals surface area (Å²) in [5.74, 6) is 1.85. The van der Waals surface area contributed by atoms with Gasteiger partial charge in [0.1, 0.15) is 0 Å². The van der Waals surface area contributed by atoms with Crippen LogP contribution in [0.25, 0.3) is 0 Å². The molecule has 1 N–H and O–H groups in total. The second-order valence-electron chi connectivity index (χ2n) is 17.7. The molecule has 0 aromatic rings. The predicted octanol–water partition coefficient (Wildman–Crippen LogP) is 13.2. The Bertz CT molecular complexity index is 790. The minimum atomic E-state index is 0.0793. The first-order valence-electron chi connectivity index (χ1n) is 24.2. The number of esters is 2. The summed E-state index contributed by atoms with van der Waals surface area (Å²) in [4.78, 5) is 28.8. The number of nitrogens with zero attached hydrogens (tertiary/aromatic N) is 1. The highest BCUT2D eigenvalue weighted by Crippen LogP contribution is 2.34. The monoisotopic (exact) mass is 762 g/mol. The van der Waals surface area contributed by atoms with Gasteiger partial charge in [0.15, 0.2) is 0 Å². The topological polar surface area (TPSA) is 76.1 Å². The van der Waals surface area contributed by atoms with Crippen molar-refractivity contribution < 1.29 is 24.2 Å². The highest BCUT2D eigenvalue weighted by Gasteiger charge is 2.27. The van der Waals surface area contributed by atoms with Gasteiger partial charge in [-0.15, -0.1) is 0 Å². The molecule has 0 amide bonds. The van der Waals surface area contributed by atoms with Gasteiger partial charge in [0.2, 0.25) is 0 Å². The Labute approximate surface area is 335 Å². The lowest BCUT2D eigenvalue weighted by molar-refractivity contribution is -0.150. The van der Waals surface area contributed by atoms with E-state index >= 15 is 0 Å². The number of unbranched alkanes of at least 4 members (excludes halogenated alkanes) is 17. The van der Waals surface area contributed by atoms with Crippen LogP contribution in [0.15, 0.2) is 0 Å². The van der Waals surface area contributed by atoms with E-state index in [0.29, 0.717) is 13.2 Å². The van der Waals surface area contributed by atoms with Crippen molar-refractivity contribution in [3.8, 4) is 0 Å². The van der Waals surface area contributed by atoms with Crippen molar-refractivity contribution in [2.45, 2.75) is 232 Å². The van der Waals surface area contributed by atoms with E-state index in [1.165, 1.54) is 154 Å². The first kappa shape index (κ1) is 49.0. The molecule has 2 unspecified atom stereocenters. The maximum absolute atomic E-state index is 13.1. The molecule has 6 heteroatoms. The summed E-state index contributed by atoms with van der Waals surface area (Å²) in [7, 11) is 0. The van der Waals surface area contributed by atoms with Crippen LogP contribution in [-0.4, -0.2) is 61.4 Å². The molecule has 2 rings (SSSR count). The summed E-state index contributed by atoms with van der Waals surface area (Å²) in [6.45, 7) is 9.21. The molecule has 0 aromatic heterocycles. The number of rotatable bonds is 38. The zero-order chi connectivity index (χ0) is 38.7. The van der Waals surface area contributed by atoms with E-state index < -0.39 is 0 Å². The second kappa shape index (κ2) is 35.1. The molecule has 0 spiro atoms. The molecule has 2 atom stereocenters. The average molecular weight is 762 g/mol. The SMILES string of the molecule is CCCCCCCCC(CC1CCCC1)C(=O)OCCCCCCN(CCCCO)CCCCCCOC(=O)C(CCCCCCCC)CC1CCCC1. The zero-order valence-corrected chi connectivity index (χ0v) is 36.1. The van der Waals surface area contributed by atoms with E-state index in [4.69, 9.17) is 9.47 Å². The van der Waals surface area contributed by atoms with Crippen LogP contribution < -0.4 is 0 Å². The van der Waals surface area contributed by atoms with E-state index in [-0.39, 0.29) is 30.4 Å². The van der Waals surface area contributed by atoms with E-state index in [9.17, 15) is 14.7 Å². The predicted molar refractivity (Wildman–Crippen MR) is 228 cm³/mol. The Morgan fingerprint density at radius 3 is 1.26 bits per heavy atom. The van der Waals surface area contributed by atoms with Crippen molar-refractivity contribution in [2.24, 2.45) is 23.7 Å². The summed E-state index contributed by atoms with van der Waals surface area (Å²) in [6.07, 6.45) is 40.7. The molecule has 6 nitrogen and oxygen atoms in total. The lowest BCUT2D eigenvalue weighted by Crippen LogP contribution is -2.27. The molecule has 2 aliphatic carbocycles. The van der Waals surface area contributed by atoms with Crippen LogP contribution in [-0.2, 0) is 19.1 Å². The van der Waals surface area contributed by atoms with Gasteiger partial charge in [-0.25, -0.2) is 0 Å². The normalized spacial score (nSPS) is 16.4. The van der Waals surface area contributed by atoms with Crippen molar-refractivity contribution in [3.05, 3.63) is 0 Å². The lowest BCUT2D eigenvalue weighted by atomic mass is 9.89. The van der Waals surface area contributed by atoms with Crippen molar-refractivity contribution in [3.63, 3.8) is 0 Å². The Morgan fingerprint density at radius 1 is 0.500 bits per heavy atom. The highest BCUT2D eigenvalue weighted by molar-refractivity contribution is 5.72. The summed E-state index contributed by atoms with van der Waals surface area (Å²) in [5.41, 5.74) is 0. The second-order valence-corrected chi connectivity index (χ2v) is 17.7.